The number of pyridine rings is 2. The van der Waals surface area contributed by atoms with E-state index in [-0.39, 0.29) is 0 Å². The van der Waals surface area contributed by atoms with Gasteiger partial charge in [0.05, 0.1) is 5.52 Å². The average molecular weight is 337 g/mol. The fourth-order valence-electron chi connectivity index (χ4n) is 3.40. The van der Waals surface area contributed by atoms with Crippen LogP contribution in [0.15, 0.2) is 91.8 Å². The molecule has 2 aromatic carbocycles. The molecule has 0 saturated heterocycles. The van der Waals surface area contributed by atoms with Gasteiger partial charge in [-0.3, -0.25) is 9.97 Å². The number of imidazole rings is 1. The Kier molecular flexibility index (Phi) is 3.46. The molecule has 0 aliphatic carbocycles. The van der Waals surface area contributed by atoms with E-state index in [4.69, 9.17) is 0 Å². The van der Waals surface area contributed by atoms with E-state index in [0.717, 1.165) is 34.0 Å². The van der Waals surface area contributed by atoms with Gasteiger partial charge >= 0.3 is 0 Å². The van der Waals surface area contributed by atoms with Crippen LogP contribution in [0.1, 0.15) is 5.56 Å². The molecule has 0 aliphatic heterocycles. The molecule has 0 atom stereocenters. The van der Waals surface area contributed by atoms with E-state index in [9.17, 15) is 0 Å². The fourth-order valence-corrected chi connectivity index (χ4v) is 3.40. The molecule has 0 radical (unpaired) electrons. The first-order valence-electron chi connectivity index (χ1n) is 8.62. The van der Waals surface area contributed by atoms with Gasteiger partial charge in [0.1, 0.15) is 30.1 Å². The first kappa shape index (κ1) is 14.8. The molecule has 0 fully saturated rings. The van der Waals surface area contributed by atoms with Crippen LogP contribution in [0.3, 0.4) is 0 Å². The molecule has 0 unspecified atom stereocenters. The Labute approximate surface area is 151 Å². The molecule has 0 N–H and O–H groups in total. The largest absolute Gasteiger partial charge is 0.254 e. The summed E-state index contributed by atoms with van der Waals surface area (Å²) < 4.78 is 4.34. The number of aromatic nitrogens is 4. The molecular weight excluding hydrogens is 320 g/mol. The number of rotatable bonds is 3. The highest BCUT2D eigenvalue weighted by Gasteiger charge is 2.14. The van der Waals surface area contributed by atoms with Gasteiger partial charge in [-0.2, -0.15) is 0 Å². The molecule has 3 aromatic heterocycles. The summed E-state index contributed by atoms with van der Waals surface area (Å²) in [5, 5.41) is 2.19. The van der Waals surface area contributed by atoms with Crippen LogP contribution in [0.2, 0.25) is 0 Å². The molecule has 26 heavy (non-hydrogen) atoms. The number of fused-ring (bicyclic) bond motifs is 3. The maximum Gasteiger partial charge on any atom is 0.249 e. The van der Waals surface area contributed by atoms with Crippen molar-refractivity contribution in [3.8, 4) is 5.69 Å². The molecule has 0 saturated carbocycles. The van der Waals surface area contributed by atoms with Crippen molar-refractivity contribution in [1.29, 1.82) is 0 Å². The van der Waals surface area contributed by atoms with Crippen molar-refractivity contribution in [2.24, 2.45) is 0 Å². The Morgan fingerprint density at radius 2 is 1.65 bits per heavy atom. The number of nitrogens with zero attached hydrogens (tertiary/aromatic N) is 4. The van der Waals surface area contributed by atoms with E-state index in [0.29, 0.717) is 0 Å². The van der Waals surface area contributed by atoms with Crippen LogP contribution >= 0.6 is 0 Å². The van der Waals surface area contributed by atoms with Crippen LogP contribution in [-0.4, -0.2) is 14.5 Å². The molecular formula is C22H17N4+. The lowest BCUT2D eigenvalue weighted by Gasteiger charge is -2.06. The lowest BCUT2D eigenvalue weighted by Crippen LogP contribution is -2.31. The molecule has 4 nitrogen and oxygen atoms in total. The van der Waals surface area contributed by atoms with Crippen LogP contribution in [-0.2, 0) is 6.54 Å². The number of hydrogen-bond donors (Lipinski definition) is 0. The maximum atomic E-state index is 4.59. The third-order valence-electron chi connectivity index (χ3n) is 4.62. The minimum absolute atomic E-state index is 0.846. The fraction of sp³-hybridized carbons (Fsp3) is 0.0455. The first-order valence-corrected chi connectivity index (χ1v) is 8.62. The van der Waals surface area contributed by atoms with Gasteiger partial charge < -0.3 is 0 Å². The molecule has 124 valence electrons. The van der Waals surface area contributed by atoms with Crippen molar-refractivity contribution in [2.75, 3.05) is 0 Å². The highest BCUT2D eigenvalue weighted by molar-refractivity contribution is 6.06. The second kappa shape index (κ2) is 6.08. The zero-order valence-electron chi connectivity index (χ0n) is 14.2. The van der Waals surface area contributed by atoms with Crippen LogP contribution < -0.4 is 4.57 Å². The Morgan fingerprint density at radius 3 is 2.54 bits per heavy atom. The van der Waals surface area contributed by atoms with Gasteiger partial charge in [-0.25, -0.2) is 9.13 Å². The van der Waals surface area contributed by atoms with E-state index in [1.54, 1.807) is 0 Å². The smallest absolute Gasteiger partial charge is 0.249 e. The van der Waals surface area contributed by atoms with Gasteiger partial charge in [-0.1, -0.05) is 36.4 Å². The summed E-state index contributed by atoms with van der Waals surface area (Å²) in [4.78, 5) is 9.12. The van der Waals surface area contributed by atoms with Crippen LogP contribution in [0.4, 0.5) is 0 Å². The summed E-state index contributed by atoms with van der Waals surface area (Å²) in [5.74, 6) is 0. The van der Waals surface area contributed by atoms with Crippen molar-refractivity contribution in [2.45, 2.75) is 6.54 Å². The summed E-state index contributed by atoms with van der Waals surface area (Å²) in [7, 11) is 0. The van der Waals surface area contributed by atoms with Crippen LogP contribution in [0, 0.1) is 0 Å². The molecule has 3 heterocycles. The predicted octanol–water partition coefficient (Wildman–Crippen LogP) is 3.91. The molecule has 0 amide bonds. The van der Waals surface area contributed by atoms with Crippen molar-refractivity contribution >= 4 is 21.8 Å². The predicted molar refractivity (Wildman–Crippen MR) is 102 cm³/mol. The van der Waals surface area contributed by atoms with Gasteiger partial charge in [0, 0.05) is 23.2 Å². The topological polar surface area (TPSA) is 34.6 Å². The minimum Gasteiger partial charge on any atom is -0.254 e. The molecule has 5 rings (SSSR count). The summed E-state index contributed by atoms with van der Waals surface area (Å²) in [5.41, 5.74) is 4.27. The third kappa shape index (κ3) is 2.52. The van der Waals surface area contributed by atoms with Crippen LogP contribution in [0.25, 0.3) is 27.5 Å². The number of benzene rings is 2. The Bertz CT molecular complexity index is 1210. The highest BCUT2D eigenvalue weighted by atomic mass is 15.1. The molecule has 0 spiro atoms. The highest BCUT2D eigenvalue weighted by Crippen LogP contribution is 2.27. The summed E-state index contributed by atoms with van der Waals surface area (Å²) >= 11 is 0. The third-order valence-corrected chi connectivity index (χ3v) is 4.62. The lowest BCUT2D eigenvalue weighted by atomic mass is 10.1. The summed E-state index contributed by atoms with van der Waals surface area (Å²) in [6.45, 7) is 0.846. The average Bonchev–Trinajstić information content (AvgIpc) is 3.16. The Morgan fingerprint density at radius 1 is 0.846 bits per heavy atom. The Hall–Kier alpha value is -3.53. The zero-order valence-corrected chi connectivity index (χ0v) is 14.2. The van der Waals surface area contributed by atoms with Crippen molar-refractivity contribution in [1.82, 2.24) is 14.5 Å². The number of hydrogen-bond acceptors (Lipinski definition) is 2. The van der Waals surface area contributed by atoms with Gasteiger partial charge in [-0.05, 0) is 29.8 Å². The monoisotopic (exact) mass is 337 g/mol. The molecule has 4 heteroatoms. The maximum absolute atomic E-state index is 4.59. The van der Waals surface area contributed by atoms with Crippen LogP contribution in [0.5, 0.6) is 0 Å². The minimum atomic E-state index is 0.846. The van der Waals surface area contributed by atoms with Gasteiger partial charge in [0.25, 0.3) is 0 Å². The first-order chi connectivity index (χ1) is 12.9. The van der Waals surface area contributed by atoms with Crippen molar-refractivity contribution in [3.63, 3.8) is 0 Å². The van der Waals surface area contributed by atoms with E-state index in [1.165, 1.54) is 5.56 Å². The van der Waals surface area contributed by atoms with E-state index in [1.807, 2.05) is 30.6 Å². The summed E-state index contributed by atoms with van der Waals surface area (Å²) in [6, 6.07) is 20.8. The molecule has 0 bridgehead atoms. The van der Waals surface area contributed by atoms with E-state index >= 15 is 0 Å². The van der Waals surface area contributed by atoms with Gasteiger partial charge in [0.2, 0.25) is 6.33 Å². The molecule has 5 aromatic rings. The van der Waals surface area contributed by atoms with E-state index < -0.39 is 0 Å². The quantitative estimate of drug-likeness (QED) is 0.369. The van der Waals surface area contributed by atoms with Crippen molar-refractivity contribution < 1.29 is 4.57 Å². The van der Waals surface area contributed by atoms with Gasteiger partial charge in [-0.15, -0.1) is 0 Å². The summed E-state index contributed by atoms with van der Waals surface area (Å²) in [6.07, 6.45) is 9.96. The second-order valence-corrected chi connectivity index (χ2v) is 6.35. The SMILES string of the molecule is c1ccc(C[n+]2ccn(-c3cc4cccnc4c4ncccc34)c2)cc1. The lowest BCUT2D eigenvalue weighted by molar-refractivity contribution is -0.687. The normalized spacial score (nSPS) is 11.2. The standard InChI is InChI=1S/C22H17N4/c1-2-6-17(7-3-1)15-25-12-13-26(16-25)20-14-18-8-4-10-23-21(18)22-19(20)9-5-11-24-22/h1-14,16H,15H2/q+1. The molecule has 0 aliphatic rings. The van der Waals surface area contributed by atoms with Crippen molar-refractivity contribution in [3.05, 3.63) is 97.3 Å². The second-order valence-electron chi connectivity index (χ2n) is 6.35. The van der Waals surface area contributed by atoms with E-state index in [2.05, 4.69) is 80.3 Å². The van der Waals surface area contributed by atoms with Gasteiger partial charge in [0.15, 0.2) is 0 Å². The Balaban J connectivity index is 1.65. The zero-order chi connectivity index (χ0) is 17.3.